The second kappa shape index (κ2) is 6.31. The first-order chi connectivity index (χ1) is 11.6. The largest absolute Gasteiger partial charge is 0.450 e. The number of hydrogen-bond donors (Lipinski definition) is 1. The van der Waals surface area contributed by atoms with Gasteiger partial charge < -0.3 is 9.40 Å². The zero-order valence-corrected chi connectivity index (χ0v) is 13.5. The summed E-state index contributed by atoms with van der Waals surface area (Å²) in [6, 6.07) is 3.11. The Bertz CT molecular complexity index is 1010. The van der Waals surface area contributed by atoms with Gasteiger partial charge in [-0.05, 0) is 25.0 Å². The van der Waals surface area contributed by atoms with Gasteiger partial charge in [0.1, 0.15) is 0 Å². The lowest BCUT2D eigenvalue weighted by atomic mass is 10.4. The first kappa shape index (κ1) is 16.0. The summed E-state index contributed by atoms with van der Waals surface area (Å²) in [6.07, 6.45) is 2.00. The van der Waals surface area contributed by atoms with Crippen molar-refractivity contribution in [3.8, 4) is 11.6 Å². The minimum atomic E-state index is -0.398. The Balaban J connectivity index is 2.29. The van der Waals surface area contributed by atoms with Gasteiger partial charge in [0.05, 0.1) is 0 Å². The van der Waals surface area contributed by atoms with Gasteiger partial charge in [0.25, 0.3) is 5.56 Å². The van der Waals surface area contributed by atoms with Gasteiger partial charge in [-0.3, -0.25) is 18.7 Å². The van der Waals surface area contributed by atoms with Gasteiger partial charge in [-0.25, -0.2) is 9.78 Å². The average molecular weight is 330 g/mol. The maximum atomic E-state index is 12.6. The molecule has 0 radical (unpaired) electrons. The predicted octanol–water partition coefficient (Wildman–Crippen LogP) is 1.78. The summed E-state index contributed by atoms with van der Waals surface area (Å²) in [7, 11) is 0. The van der Waals surface area contributed by atoms with Gasteiger partial charge in [0, 0.05) is 13.1 Å². The molecule has 24 heavy (non-hydrogen) atoms. The summed E-state index contributed by atoms with van der Waals surface area (Å²) < 4.78 is 8.06. The van der Waals surface area contributed by atoms with Crippen LogP contribution in [-0.4, -0.2) is 25.4 Å². The zero-order chi connectivity index (χ0) is 17.3. The fourth-order valence-electron chi connectivity index (χ4n) is 2.67. The molecule has 0 saturated heterocycles. The Morgan fingerprint density at radius 3 is 2.50 bits per heavy atom. The van der Waals surface area contributed by atoms with Crippen molar-refractivity contribution in [1.82, 2.24) is 19.1 Å². The summed E-state index contributed by atoms with van der Waals surface area (Å²) in [6.45, 7) is 4.66. The molecule has 0 bridgehead atoms. The fourth-order valence-corrected chi connectivity index (χ4v) is 2.67. The van der Waals surface area contributed by atoms with Crippen LogP contribution in [0.3, 0.4) is 0 Å². The van der Waals surface area contributed by atoms with Crippen LogP contribution < -0.4 is 11.2 Å². The second-order valence-electron chi connectivity index (χ2n) is 5.49. The van der Waals surface area contributed by atoms with E-state index < -0.39 is 5.56 Å². The summed E-state index contributed by atoms with van der Waals surface area (Å²) in [5, 5.41) is 0. The normalized spacial score (nSPS) is 11.2. The van der Waals surface area contributed by atoms with E-state index in [2.05, 4.69) is 9.97 Å². The molecule has 3 aromatic heterocycles. The molecule has 0 aliphatic heterocycles. The maximum absolute atomic E-state index is 12.6. The molecule has 0 unspecified atom stereocenters. The highest BCUT2D eigenvalue weighted by Crippen LogP contribution is 2.20. The maximum Gasteiger partial charge on any atom is 0.332 e. The van der Waals surface area contributed by atoms with E-state index in [4.69, 9.17) is 4.42 Å². The summed E-state index contributed by atoms with van der Waals surface area (Å²) in [4.78, 5) is 43.2. The molecular weight excluding hydrogens is 312 g/mol. The third-order valence-electron chi connectivity index (χ3n) is 3.73. The monoisotopic (exact) mass is 330 g/mol. The minimum absolute atomic E-state index is 0.166. The van der Waals surface area contributed by atoms with Crippen LogP contribution in [-0.2, 0) is 13.1 Å². The molecule has 3 aromatic rings. The Labute approximate surface area is 136 Å². The van der Waals surface area contributed by atoms with Gasteiger partial charge in [-0.1, -0.05) is 13.8 Å². The van der Waals surface area contributed by atoms with Crippen LogP contribution in [0, 0.1) is 0 Å². The van der Waals surface area contributed by atoms with E-state index in [1.54, 1.807) is 6.07 Å². The van der Waals surface area contributed by atoms with Crippen molar-refractivity contribution in [2.24, 2.45) is 0 Å². The van der Waals surface area contributed by atoms with Crippen LogP contribution in [0.15, 0.2) is 26.1 Å². The third-order valence-corrected chi connectivity index (χ3v) is 3.73. The van der Waals surface area contributed by atoms with Gasteiger partial charge in [0.15, 0.2) is 34.8 Å². The molecule has 0 fully saturated rings. The van der Waals surface area contributed by atoms with E-state index in [0.717, 1.165) is 6.42 Å². The number of carbonyl (C=O) groups excluding carboxylic acids is 1. The molecule has 8 heteroatoms. The lowest BCUT2D eigenvalue weighted by Gasteiger charge is -2.09. The highest BCUT2D eigenvalue weighted by atomic mass is 16.3. The van der Waals surface area contributed by atoms with Crippen LogP contribution in [0.2, 0.25) is 0 Å². The van der Waals surface area contributed by atoms with E-state index in [0.29, 0.717) is 43.0 Å². The van der Waals surface area contributed by atoms with Gasteiger partial charge in [0.2, 0.25) is 0 Å². The standard InChI is InChI=1S/C16H18N4O4/c1-3-7-19-14-12(15(22)20(8-4-2)16(19)23)17-13(18-14)11-6-5-10(9-21)24-11/h5-6,9H,3-4,7-8H2,1-2H3,(H,17,18). The van der Waals surface area contributed by atoms with Gasteiger partial charge in [-0.2, -0.15) is 0 Å². The lowest BCUT2D eigenvalue weighted by molar-refractivity contribution is 0.110. The molecule has 126 valence electrons. The molecule has 3 heterocycles. The van der Waals surface area contributed by atoms with E-state index in [9.17, 15) is 14.4 Å². The predicted molar refractivity (Wildman–Crippen MR) is 88.3 cm³/mol. The molecule has 0 saturated carbocycles. The Morgan fingerprint density at radius 2 is 1.88 bits per heavy atom. The van der Waals surface area contributed by atoms with E-state index >= 15 is 0 Å². The van der Waals surface area contributed by atoms with Crippen molar-refractivity contribution in [1.29, 1.82) is 0 Å². The van der Waals surface area contributed by atoms with E-state index in [-0.39, 0.29) is 17.0 Å². The average Bonchev–Trinajstić information content (AvgIpc) is 3.22. The summed E-state index contributed by atoms with van der Waals surface area (Å²) in [5.74, 6) is 0.818. The number of fused-ring (bicyclic) bond motifs is 1. The molecular formula is C16H18N4O4. The first-order valence-electron chi connectivity index (χ1n) is 7.89. The molecule has 3 rings (SSSR count). The van der Waals surface area contributed by atoms with Crippen LogP contribution in [0.1, 0.15) is 37.2 Å². The third kappa shape index (κ3) is 2.49. The van der Waals surface area contributed by atoms with Crippen molar-refractivity contribution in [2.45, 2.75) is 39.8 Å². The molecule has 0 aromatic carbocycles. The minimum Gasteiger partial charge on any atom is -0.450 e. The number of carbonyl (C=O) groups is 1. The van der Waals surface area contributed by atoms with Crippen LogP contribution >= 0.6 is 0 Å². The Kier molecular flexibility index (Phi) is 4.20. The number of aldehydes is 1. The Morgan fingerprint density at radius 1 is 1.17 bits per heavy atom. The highest BCUT2D eigenvalue weighted by Gasteiger charge is 2.18. The number of imidazole rings is 1. The number of rotatable bonds is 6. The quantitative estimate of drug-likeness (QED) is 0.694. The van der Waals surface area contributed by atoms with Crippen LogP contribution in [0.5, 0.6) is 0 Å². The van der Waals surface area contributed by atoms with Crippen molar-refractivity contribution in [2.75, 3.05) is 0 Å². The topological polar surface area (TPSA) is 103 Å². The number of H-pyrrole nitrogens is 1. The number of nitrogens with one attached hydrogen (secondary N) is 1. The van der Waals surface area contributed by atoms with Crippen molar-refractivity contribution in [3.05, 3.63) is 38.7 Å². The van der Waals surface area contributed by atoms with Crippen LogP contribution in [0.4, 0.5) is 0 Å². The molecule has 0 amide bonds. The smallest absolute Gasteiger partial charge is 0.332 e. The highest BCUT2D eigenvalue weighted by molar-refractivity contribution is 5.76. The molecule has 0 aliphatic rings. The summed E-state index contributed by atoms with van der Waals surface area (Å²) in [5.41, 5.74) is -0.193. The van der Waals surface area contributed by atoms with Crippen molar-refractivity contribution < 1.29 is 9.21 Å². The first-order valence-corrected chi connectivity index (χ1v) is 7.89. The molecule has 0 spiro atoms. The fraction of sp³-hybridized carbons (Fsp3) is 0.375. The van der Waals surface area contributed by atoms with Crippen molar-refractivity contribution in [3.63, 3.8) is 0 Å². The number of aryl methyl sites for hydroxylation is 1. The van der Waals surface area contributed by atoms with E-state index in [1.165, 1.54) is 15.2 Å². The van der Waals surface area contributed by atoms with Crippen molar-refractivity contribution >= 4 is 17.5 Å². The Hall–Kier alpha value is -2.90. The number of hydrogen-bond acceptors (Lipinski definition) is 5. The molecule has 0 atom stereocenters. The number of aromatic amines is 1. The van der Waals surface area contributed by atoms with E-state index in [1.807, 2.05) is 13.8 Å². The molecule has 0 aliphatic carbocycles. The summed E-state index contributed by atoms with van der Waals surface area (Å²) >= 11 is 0. The number of furan rings is 1. The zero-order valence-electron chi connectivity index (χ0n) is 13.5. The van der Waals surface area contributed by atoms with Gasteiger partial charge in [-0.15, -0.1) is 0 Å². The molecule has 8 nitrogen and oxygen atoms in total. The number of aromatic nitrogens is 4. The second-order valence-corrected chi connectivity index (χ2v) is 5.49. The SMILES string of the molecule is CCCn1c(=O)c2[nH]c(-c3ccc(C=O)o3)nc2n(CCC)c1=O. The van der Waals surface area contributed by atoms with Crippen LogP contribution in [0.25, 0.3) is 22.7 Å². The molecule has 1 N–H and O–H groups in total. The lowest BCUT2D eigenvalue weighted by Crippen LogP contribution is -2.40. The number of nitrogens with zero attached hydrogens (tertiary/aromatic N) is 3. The van der Waals surface area contributed by atoms with Gasteiger partial charge >= 0.3 is 5.69 Å².